The molecule has 2 N–H and O–H groups in total. The minimum absolute atomic E-state index is 0.0648. The van der Waals surface area contributed by atoms with Crippen LogP contribution in [0.15, 0.2) is 72.1 Å². The van der Waals surface area contributed by atoms with E-state index in [4.69, 9.17) is 0 Å². The van der Waals surface area contributed by atoms with E-state index in [-0.39, 0.29) is 23.6 Å². The Bertz CT molecular complexity index is 1280. The van der Waals surface area contributed by atoms with Crippen molar-refractivity contribution in [1.29, 1.82) is 0 Å². The van der Waals surface area contributed by atoms with Gasteiger partial charge in [0.2, 0.25) is 11.7 Å². The maximum absolute atomic E-state index is 13.5. The van der Waals surface area contributed by atoms with E-state index in [9.17, 15) is 14.0 Å². The van der Waals surface area contributed by atoms with Crippen LogP contribution in [-0.4, -0.2) is 38.7 Å². The molecule has 34 heavy (non-hydrogen) atoms. The van der Waals surface area contributed by atoms with Gasteiger partial charge in [-0.3, -0.25) is 9.59 Å². The molecule has 0 bridgehead atoms. The first-order valence-corrected chi connectivity index (χ1v) is 11.9. The first-order chi connectivity index (χ1) is 16.6. The zero-order valence-electron chi connectivity index (χ0n) is 18.1. The molecule has 5 rings (SSSR count). The molecule has 2 amide bonds. The van der Waals surface area contributed by atoms with Crippen LogP contribution in [0.5, 0.6) is 0 Å². The van der Waals surface area contributed by atoms with Gasteiger partial charge in [-0.2, -0.15) is 0 Å². The third-order valence-corrected chi connectivity index (χ3v) is 6.32. The highest BCUT2D eigenvalue weighted by atomic mass is 32.1. The monoisotopic (exact) mass is 475 g/mol. The molecule has 0 saturated heterocycles. The van der Waals surface area contributed by atoms with Gasteiger partial charge in [0, 0.05) is 12.5 Å². The van der Waals surface area contributed by atoms with Crippen molar-refractivity contribution in [2.75, 3.05) is 0 Å². The second-order valence-corrected chi connectivity index (χ2v) is 9.07. The molecule has 0 radical (unpaired) electrons. The van der Waals surface area contributed by atoms with Gasteiger partial charge in [0.25, 0.3) is 5.91 Å². The highest BCUT2D eigenvalue weighted by Crippen LogP contribution is 2.26. The van der Waals surface area contributed by atoms with Crippen LogP contribution in [0.1, 0.15) is 29.0 Å². The van der Waals surface area contributed by atoms with Crippen molar-refractivity contribution in [3.05, 3.63) is 89.3 Å². The minimum Gasteiger partial charge on any atom is -0.352 e. The molecule has 1 unspecified atom stereocenters. The number of amides is 2. The highest BCUT2D eigenvalue weighted by molar-refractivity contribution is 7.13. The van der Waals surface area contributed by atoms with Crippen LogP contribution in [0.3, 0.4) is 0 Å². The molecule has 1 aliphatic rings. The summed E-state index contributed by atoms with van der Waals surface area (Å²) < 4.78 is 15.0. The molecule has 1 fully saturated rings. The summed E-state index contributed by atoms with van der Waals surface area (Å²) in [6, 6.07) is 18.5. The average Bonchev–Trinajstić information content (AvgIpc) is 3.31. The summed E-state index contributed by atoms with van der Waals surface area (Å²) in [5, 5.41) is 12.1. The molecule has 0 spiro atoms. The summed E-state index contributed by atoms with van der Waals surface area (Å²) in [7, 11) is 0. The van der Waals surface area contributed by atoms with Gasteiger partial charge in [-0.05, 0) is 54.1 Å². The lowest BCUT2D eigenvalue weighted by molar-refractivity contribution is -0.123. The van der Waals surface area contributed by atoms with Crippen molar-refractivity contribution >= 4 is 23.2 Å². The number of rotatable bonds is 8. The molecule has 2 heterocycles. The zero-order valence-corrected chi connectivity index (χ0v) is 19.0. The Kier molecular flexibility index (Phi) is 6.18. The number of hydrogen-bond acceptors (Lipinski definition) is 5. The molecular weight excluding hydrogens is 453 g/mol. The Hall–Kier alpha value is -3.85. The second kappa shape index (κ2) is 9.56. The Morgan fingerprint density at radius 2 is 1.82 bits per heavy atom. The molecule has 2 aromatic carbocycles. The van der Waals surface area contributed by atoms with Crippen LogP contribution in [0.25, 0.3) is 16.4 Å². The summed E-state index contributed by atoms with van der Waals surface area (Å²) in [5.41, 5.74) is 1.51. The Labute approximate surface area is 199 Å². The van der Waals surface area contributed by atoms with Crippen molar-refractivity contribution < 1.29 is 14.0 Å². The molecule has 1 saturated carbocycles. The number of carbonyl (C=O) groups is 2. The normalized spacial score (nSPS) is 13.9. The van der Waals surface area contributed by atoms with E-state index in [0.717, 1.165) is 23.3 Å². The van der Waals surface area contributed by atoms with Gasteiger partial charge in [-0.15, -0.1) is 16.4 Å². The Morgan fingerprint density at radius 1 is 1.06 bits per heavy atom. The van der Waals surface area contributed by atoms with Crippen molar-refractivity contribution in [1.82, 2.24) is 25.4 Å². The smallest absolute Gasteiger partial charge is 0.291 e. The molecule has 1 atom stereocenters. The fourth-order valence-electron chi connectivity index (χ4n) is 3.55. The fraction of sp³-hybridized carbons (Fsp3) is 0.200. The predicted molar refractivity (Wildman–Crippen MR) is 127 cm³/mol. The van der Waals surface area contributed by atoms with Crippen LogP contribution >= 0.6 is 11.3 Å². The van der Waals surface area contributed by atoms with Gasteiger partial charge in [-0.25, -0.2) is 14.1 Å². The SMILES string of the molecule is O=C(NC(Cc1ccccc1)C(=O)NC1CC1)c1nc(-c2cccs2)n(-c2ccc(F)cc2)n1. The van der Waals surface area contributed by atoms with E-state index in [0.29, 0.717) is 17.9 Å². The summed E-state index contributed by atoms with van der Waals surface area (Å²) >= 11 is 1.45. The largest absolute Gasteiger partial charge is 0.352 e. The lowest BCUT2D eigenvalue weighted by atomic mass is 10.1. The summed E-state index contributed by atoms with van der Waals surface area (Å²) in [6.45, 7) is 0. The van der Waals surface area contributed by atoms with Crippen molar-refractivity contribution in [3.8, 4) is 16.4 Å². The number of benzene rings is 2. The second-order valence-electron chi connectivity index (χ2n) is 8.12. The predicted octanol–water partition coefficient (Wildman–Crippen LogP) is 3.75. The van der Waals surface area contributed by atoms with E-state index in [1.165, 1.54) is 28.2 Å². The molecule has 1 aliphatic carbocycles. The lowest BCUT2D eigenvalue weighted by Crippen LogP contribution is -2.48. The molecule has 0 aliphatic heterocycles. The van der Waals surface area contributed by atoms with Gasteiger partial charge in [-0.1, -0.05) is 36.4 Å². The van der Waals surface area contributed by atoms with E-state index in [1.807, 2.05) is 47.8 Å². The quantitative estimate of drug-likeness (QED) is 0.406. The average molecular weight is 476 g/mol. The van der Waals surface area contributed by atoms with Crippen LogP contribution in [0.2, 0.25) is 0 Å². The van der Waals surface area contributed by atoms with Gasteiger partial charge in [0.1, 0.15) is 11.9 Å². The van der Waals surface area contributed by atoms with E-state index < -0.39 is 11.9 Å². The molecular formula is C25H22FN5O2S. The number of nitrogens with one attached hydrogen (secondary N) is 2. The molecule has 7 nitrogen and oxygen atoms in total. The topological polar surface area (TPSA) is 88.9 Å². The van der Waals surface area contributed by atoms with Crippen LogP contribution < -0.4 is 10.6 Å². The summed E-state index contributed by atoms with van der Waals surface area (Å²) in [5.74, 6) is -0.745. The van der Waals surface area contributed by atoms with Gasteiger partial charge >= 0.3 is 0 Å². The number of carbonyl (C=O) groups excluding carboxylic acids is 2. The lowest BCUT2D eigenvalue weighted by Gasteiger charge is -2.17. The maximum atomic E-state index is 13.5. The van der Waals surface area contributed by atoms with E-state index in [1.54, 1.807) is 12.1 Å². The Morgan fingerprint density at radius 3 is 2.50 bits per heavy atom. The highest BCUT2D eigenvalue weighted by Gasteiger charge is 2.30. The van der Waals surface area contributed by atoms with Gasteiger partial charge in [0.05, 0.1) is 10.6 Å². The zero-order chi connectivity index (χ0) is 23.5. The van der Waals surface area contributed by atoms with Gasteiger partial charge < -0.3 is 10.6 Å². The number of nitrogens with zero attached hydrogens (tertiary/aromatic N) is 3. The van der Waals surface area contributed by atoms with Crippen LogP contribution in [0.4, 0.5) is 4.39 Å². The van der Waals surface area contributed by atoms with Gasteiger partial charge in [0.15, 0.2) is 5.82 Å². The first-order valence-electron chi connectivity index (χ1n) is 11.0. The maximum Gasteiger partial charge on any atom is 0.291 e. The third kappa shape index (κ3) is 5.04. The fourth-order valence-corrected chi connectivity index (χ4v) is 4.25. The number of thiophene rings is 1. The van der Waals surface area contributed by atoms with Crippen molar-refractivity contribution in [2.45, 2.75) is 31.3 Å². The summed E-state index contributed by atoms with van der Waals surface area (Å²) in [4.78, 5) is 31.3. The van der Waals surface area contributed by atoms with Crippen LogP contribution in [-0.2, 0) is 11.2 Å². The minimum atomic E-state index is -0.765. The first kappa shape index (κ1) is 22.0. The standard InChI is InChI=1S/C25H22FN5O2S/c26-17-8-12-19(13-9-17)31-23(21-7-4-14-34-21)29-22(30-31)25(33)28-20(24(32)27-18-10-11-18)15-16-5-2-1-3-6-16/h1-9,12-14,18,20H,10-11,15H2,(H,27,32)(H,28,33). The number of hydrogen-bond donors (Lipinski definition) is 2. The van der Waals surface area contributed by atoms with E-state index in [2.05, 4.69) is 20.7 Å². The van der Waals surface area contributed by atoms with Crippen LogP contribution in [0, 0.1) is 5.82 Å². The van der Waals surface area contributed by atoms with Crippen molar-refractivity contribution in [2.24, 2.45) is 0 Å². The number of halogens is 1. The summed E-state index contributed by atoms with van der Waals surface area (Å²) in [6.07, 6.45) is 2.25. The molecule has 4 aromatic rings. The van der Waals surface area contributed by atoms with Crippen molar-refractivity contribution in [3.63, 3.8) is 0 Å². The molecule has 9 heteroatoms. The molecule has 172 valence electrons. The van der Waals surface area contributed by atoms with E-state index >= 15 is 0 Å². The Balaban J connectivity index is 1.43. The number of aromatic nitrogens is 3. The third-order valence-electron chi connectivity index (χ3n) is 5.45. The molecule has 2 aromatic heterocycles.